The van der Waals surface area contributed by atoms with Crippen molar-refractivity contribution in [2.24, 2.45) is 0 Å². The first-order valence-corrected chi connectivity index (χ1v) is 20.4. The summed E-state index contributed by atoms with van der Waals surface area (Å²) in [5.74, 6) is -1.27. The van der Waals surface area contributed by atoms with E-state index in [2.05, 4.69) is 79.9 Å². The summed E-state index contributed by atoms with van der Waals surface area (Å²) in [4.78, 5) is 34.9. The van der Waals surface area contributed by atoms with Gasteiger partial charge < -0.3 is 15.2 Å². The second-order valence-electron chi connectivity index (χ2n) is 13.5. The van der Waals surface area contributed by atoms with E-state index in [0.717, 1.165) is 109 Å². The topological polar surface area (TPSA) is 92.7 Å². The molecule has 6 heteroatoms. The van der Waals surface area contributed by atoms with Crippen molar-refractivity contribution in [1.29, 1.82) is 0 Å². The van der Waals surface area contributed by atoms with Crippen LogP contribution in [0.15, 0.2) is 60.8 Å². The van der Waals surface area contributed by atoms with E-state index in [4.69, 9.17) is 9.84 Å². The number of carbonyl (C=O) groups excluding carboxylic acids is 2. The first kappa shape index (κ1) is 47.1. The molecule has 50 heavy (non-hydrogen) atoms. The highest BCUT2D eigenvalue weighted by Gasteiger charge is 2.14. The predicted octanol–water partition coefficient (Wildman–Crippen LogP) is 12.5. The number of nitrogens with one attached hydrogen (secondary N) is 1. The van der Waals surface area contributed by atoms with Crippen LogP contribution in [0.3, 0.4) is 0 Å². The summed E-state index contributed by atoms with van der Waals surface area (Å²) >= 11 is 0. The van der Waals surface area contributed by atoms with E-state index < -0.39 is 5.97 Å². The highest BCUT2D eigenvalue weighted by molar-refractivity contribution is 5.80. The largest absolute Gasteiger partial charge is 0.480 e. The summed E-state index contributed by atoms with van der Waals surface area (Å²) in [6, 6.07) is 0. The van der Waals surface area contributed by atoms with Crippen molar-refractivity contribution in [1.82, 2.24) is 5.32 Å². The monoisotopic (exact) mass is 698 g/mol. The van der Waals surface area contributed by atoms with Gasteiger partial charge in [-0.3, -0.25) is 14.4 Å². The van der Waals surface area contributed by atoms with Gasteiger partial charge in [-0.05, 0) is 83.5 Å². The lowest BCUT2D eigenvalue weighted by Crippen LogP contribution is -2.28. The molecule has 0 fully saturated rings. The number of aliphatic carboxylic acids is 1. The van der Waals surface area contributed by atoms with Gasteiger partial charge in [-0.25, -0.2) is 0 Å². The minimum Gasteiger partial charge on any atom is -0.480 e. The molecule has 0 aromatic carbocycles. The van der Waals surface area contributed by atoms with Gasteiger partial charge in [-0.15, -0.1) is 0 Å². The third-order valence-electron chi connectivity index (χ3n) is 8.70. The predicted molar refractivity (Wildman–Crippen MR) is 212 cm³/mol. The van der Waals surface area contributed by atoms with E-state index in [-0.39, 0.29) is 24.5 Å². The smallest absolute Gasteiger partial charge is 0.322 e. The fourth-order valence-corrected chi connectivity index (χ4v) is 5.72. The van der Waals surface area contributed by atoms with Gasteiger partial charge in [0.15, 0.2) is 0 Å². The average Bonchev–Trinajstić information content (AvgIpc) is 3.10. The first-order valence-electron chi connectivity index (χ1n) is 20.4. The number of allylic oxidation sites excluding steroid dienone is 10. The molecule has 2 N–H and O–H groups in total. The zero-order valence-corrected chi connectivity index (χ0v) is 32.2. The molecule has 0 aliphatic carbocycles. The Balaban J connectivity index is 4.18. The Labute approximate surface area is 307 Å². The number of unbranched alkanes of at least 4 members (excludes halogenated alkanes) is 15. The van der Waals surface area contributed by atoms with E-state index in [1.807, 2.05) is 0 Å². The molecule has 6 nitrogen and oxygen atoms in total. The van der Waals surface area contributed by atoms with Gasteiger partial charge in [0.25, 0.3) is 0 Å². The number of carboxylic acid groups (broad SMARTS) is 1. The first-order chi connectivity index (χ1) is 24.5. The third-order valence-corrected chi connectivity index (χ3v) is 8.70. The minimum atomic E-state index is -1.02. The van der Waals surface area contributed by atoms with Crippen LogP contribution in [-0.4, -0.2) is 35.6 Å². The highest BCUT2D eigenvalue weighted by Crippen LogP contribution is 2.18. The third kappa shape index (κ3) is 37.9. The van der Waals surface area contributed by atoms with Gasteiger partial charge in [-0.2, -0.15) is 0 Å². The van der Waals surface area contributed by atoms with Crippen molar-refractivity contribution in [2.75, 3.05) is 6.54 Å². The molecular formula is C44H75NO5. The van der Waals surface area contributed by atoms with Gasteiger partial charge in [-0.1, -0.05) is 152 Å². The molecular weight excluding hydrogens is 622 g/mol. The Morgan fingerprint density at radius 2 is 0.980 bits per heavy atom. The average molecular weight is 698 g/mol. The zero-order chi connectivity index (χ0) is 36.6. The molecule has 0 aliphatic rings. The molecule has 0 bridgehead atoms. The number of carbonyl (C=O) groups is 3. The molecule has 0 aromatic heterocycles. The van der Waals surface area contributed by atoms with Crippen molar-refractivity contribution in [3.05, 3.63) is 60.8 Å². The number of amides is 1. The molecule has 286 valence electrons. The second kappa shape index (κ2) is 38.9. The molecule has 1 unspecified atom stereocenters. The van der Waals surface area contributed by atoms with Gasteiger partial charge in [0.1, 0.15) is 12.6 Å². The number of esters is 1. The fourth-order valence-electron chi connectivity index (χ4n) is 5.72. The summed E-state index contributed by atoms with van der Waals surface area (Å²) < 4.78 is 5.99. The maximum atomic E-state index is 12.7. The van der Waals surface area contributed by atoms with Gasteiger partial charge >= 0.3 is 11.9 Å². The van der Waals surface area contributed by atoms with Gasteiger partial charge in [0.05, 0.1) is 0 Å². The number of carboxylic acids is 1. The normalized spacial score (nSPS) is 12.7. The summed E-state index contributed by atoms with van der Waals surface area (Å²) in [5, 5.41) is 11.1. The number of rotatable bonds is 36. The van der Waals surface area contributed by atoms with Crippen LogP contribution < -0.4 is 5.32 Å². The number of ether oxygens (including phenoxy) is 1. The molecule has 1 atom stereocenters. The van der Waals surface area contributed by atoms with E-state index >= 15 is 0 Å². The lowest BCUT2D eigenvalue weighted by molar-refractivity contribution is -0.150. The minimum absolute atomic E-state index is 0.00940. The van der Waals surface area contributed by atoms with Gasteiger partial charge in [0.2, 0.25) is 5.91 Å². The Bertz CT molecular complexity index is 948. The van der Waals surface area contributed by atoms with Crippen molar-refractivity contribution >= 4 is 17.8 Å². The molecule has 1 amide bonds. The van der Waals surface area contributed by atoms with Crippen LogP contribution in [0, 0.1) is 0 Å². The van der Waals surface area contributed by atoms with E-state index in [1.54, 1.807) is 0 Å². The zero-order valence-electron chi connectivity index (χ0n) is 32.2. The lowest BCUT2D eigenvalue weighted by Gasteiger charge is -2.18. The summed E-state index contributed by atoms with van der Waals surface area (Å²) in [7, 11) is 0. The molecule has 0 saturated carbocycles. The molecule has 0 aromatic rings. The van der Waals surface area contributed by atoms with E-state index in [1.165, 1.54) is 51.4 Å². The Kier molecular flexibility index (Phi) is 36.7. The molecule has 0 rings (SSSR count). The Morgan fingerprint density at radius 3 is 1.50 bits per heavy atom. The summed E-state index contributed by atoms with van der Waals surface area (Å²) in [5.41, 5.74) is 0. The van der Waals surface area contributed by atoms with Gasteiger partial charge in [0, 0.05) is 12.8 Å². The second-order valence-corrected chi connectivity index (χ2v) is 13.5. The van der Waals surface area contributed by atoms with Crippen LogP contribution in [0.1, 0.15) is 187 Å². The van der Waals surface area contributed by atoms with E-state index in [0.29, 0.717) is 12.8 Å². The fraction of sp³-hybridized carbons (Fsp3) is 0.705. The number of hydrogen-bond donors (Lipinski definition) is 2. The molecule has 0 spiro atoms. The van der Waals surface area contributed by atoms with Crippen LogP contribution in [0.4, 0.5) is 0 Å². The van der Waals surface area contributed by atoms with E-state index in [9.17, 15) is 14.4 Å². The molecule has 0 aliphatic heterocycles. The maximum Gasteiger partial charge on any atom is 0.322 e. The summed E-state index contributed by atoms with van der Waals surface area (Å²) in [6.07, 6.45) is 50.5. The van der Waals surface area contributed by atoms with Crippen molar-refractivity contribution in [3.8, 4) is 0 Å². The van der Waals surface area contributed by atoms with Crippen LogP contribution in [0.25, 0.3) is 0 Å². The van der Waals surface area contributed by atoms with Crippen LogP contribution in [0.2, 0.25) is 0 Å². The quantitative estimate of drug-likeness (QED) is 0.0386. The highest BCUT2D eigenvalue weighted by atomic mass is 16.5. The maximum absolute atomic E-state index is 12.7. The molecule has 0 heterocycles. The van der Waals surface area contributed by atoms with Crippen molar-refractivity contribution in [3.63, 3.8) is 0 Å². The standard InChI is InChI=1S/C44H75NO5/c1-3-5-7-9-11-13-14-15-16-17-18-19-20-21-22-24-26-31-35-39-44(49)50-41(36-32-28-25-23-12-10-8-6-4-2)37-33-29-27-30-34-38-42(46)45-40-43(47)48/h5,7,11,13,15-16,18-19,21-22,41H,3-4,6,8-10,12,14,17,20,23-40H2,1-2H3,(H,45,46)(H,47,48)/b7-5-,13-11-,16-15-,19-18-,22-21-. The SMILES string of the molecule is CC/C=C\C/C=C\C/C=C\C/C=C\C/C=C\CCCCCC(=O)OC(CCCCCCCCCCC)CCCCCCCC(=O)NCC(=O)O. The molecule has 0 saturated heterocycles. The van der Waals surface area contributed by atoms with Crippen molar-refractivity contribution in [2.45, 2.75) is 193 Å². The van der Waals surface area contributed by atoms with Crippen molar-refractivity contribution < 1.29 is 24.2 Å². The number of hydrogen-bond acceptors (Lipinski definition) is 4. The Morgan fingerprint density at radius 1 is 0.540 bits per heavy atom. The van der Waals surface area contributed by atoms with Crippen LogP contribution >= 0.6 is 0 Å². The van der Waals surface area contributed by atoms with Crippen LogP contribution in [-0.2, 0) is 19.1 Å². The summed E-state index contributed by atoms with van der Waals surface area (Å²) in [6.45, 7) is 4.09. The Hall–Kier alpha value is -2.89. The molecule has 0 radical (unpaired) electrons. The van der Waals surface area contributed by atoms with Crippen LogP contribution in [0.5, 0.6) is 0 Å². The lowest BCUT2D eigenvalue weighted by atomic mass is 10.0.